The van der Waals surface area contributed by atoms with Crippen LogP contribution in [0.15, 0.2) is 24.3 Å². The third kappa shape index (κ3) is 11.4. The first-order valence-corrected chi connectivity index (χ1v) is 5.84. The van der Waals surface area contributed by atoms with Crippen molar-refractivity contribution in [3.63, 3.8) is 0 Å². The Hall–Kier alpha value is -0.560. The van der Waals surface area contributed by atoms with Crippen molar-refractivity contribution < 1.29 is 5.11 Å². The topological polar surface area (TPSA) is 20.2 Å². The number of hydrogen-bond acceptors (Lipinski definition) is 1. The molecule has 0 saturated carbocycles. The maximum absolute atomic E-state index is 8.57. The van der Waals surface area contributed by atoms with Crippen LogP contribution in [0.5, 0.6) is 0 Å². The molecule has 0 aliphatic rings. The highest BCUT2D eigenvalue weighted by molar-refractivity contribution is 5.01. The van der Waals surface area contributed by atoms with Crippen LogP contribution < -0.4 is 0 Å². The molecule has 1 nitrogen and oxygen atoms in total. The van der Waals surface area contributed by atoms with Crippen molar-refractivity contribution in [1.29, 1.82) is 0 Å². The molecular weight excluding hydrogens is 172 g/mol. The summed E-state index contributed by atoms with van der Waals surface area (Å²) in [6.45, 7) is 2.53. The first kappa shape index (κ1) is 13.4. The van der Waals surface area contributed by atoms with Gasteiger partial charge in [0, 0.05) is 6.61 Å². The van der Waals surface area contributed by atoms with Crippen molar-refractivity contribution >= 4 is 0 Å². The van der Waals surface area contributed by atoms with Gasteiger partial charge in [0.15, 0.2) is 0 Å². The lowest BCUT2D eigenvalue weighted by Crippen LogP contribution is -1.82. The van der Waals surface area contributed by atoms with Crippen molar-refractivity contribution in [3.8, 4) is 0 Å². The highest BCUT2D eigenvalue weighted by atomic mass is 16.2. The van der Waals surface area contributed by atoms with Gasteiger partial charge in [-0.25, -0.2) is 0 Å². The minimum Gasteiger partial charge on any atom is -0.396 e. The van der Waals surface area contributed by atoms with E-state index in [1.165, 1.54) is 32.1 Å². The van der Waals surface area contributed by atoms with Crippen molar-refractivity contribution in [3.05, 3.63) is 24.3 Å². The van der Waals surface area contributed by atoms with Gasteiger partial charge in [0.25, 0.3) is 0 Å². The molecule has 0 unspecified atom stereocenters. The van der Waals surface area contributed by atoms with E-state index >= 15 is 0 Å². The molecule has 0 aliphatic heterocycles. The Morgan fingerprint density at radius 2 is 1.50 bits per heavy atom. The lowest BCUT2D eigenvalue weighted by molar-refractivity contribution is 0.282. The zero-order valence-electron chi connectivity index (χ0n) is 9.41. The first-order chi connectivity index (χ1) is 6.91. The molecular formula is C13H24O. The van der Waals surface area contributed by atoms with Gasteiger partial charge in [0.1, 0.15) is 0 Å². The van der Waals surface area contributed by atoms with Crippen molar-refractivity contribution in [1.82, 2.24) is 0 Å². The van der Waals surface area contributed by atoms with Crippen molar-refractivity contribution in [2.75, 3.05) is 6.61 Å². The van der Waals surface area contributed by atoms with Crippen LogP contribution in [0.25, 0.3) is 0 Å². The average Bonchev–Trinajstić information content (AvgIpc) is 2.21. The zero-order chi connectivity index (χ0) is 10.5. The summed E-state index contributed by atoms with van der Waals surface area (Å²) >= 11 is 0. The molecule has 0 atom stereocenters. The van der Waals surface area contributed by atoms with Gasteiger partial charge in [0.2, 0.25) is 0 Å². The minimum absolute atomic E-state index is 0.343. The number of hydrogen-bond donors (Lipinski definition) is 1. The van der Waals surface area contributed by atoms with Crippen LogP contribution in [0.3, 0.4) is 0 Å². The number of aliphatic hydroxyl groups is 1. The fourth-order valence-corrected chi connectivity index (χ4v) is 1.24. The molecule has 0 saturated heterocycles. The van der Waals surface area contributed by atoms with Gasteiger partial charge in [0.05, 0.1) is 0 Å². The summed E-state index contributed by atoms with van der Waals surface area (Å²) in [5, 5.41) is 8.57. The first-order valence-electron chi connectivity index (χ1n) is 5.84. The number of unbranched alkanes of at least 4 members (excludes halogenated alkanes) is 5. The number of rotatable bonds is 9. The highest BCUT2D eigenvalue weighted by Crippen LogP contribution is 2.03. The second kappa shape index (κ2) is 12.4. The van der Waals surface area contributed by atoms with Crippen LogP contribution in [-0.2, 0) is 0 Å². The molecule has 0 bridgehead atoms. The van der Waals surface area contributed by atoms with Gasteiger partial charge in [-0.3, -0.25) is 0 Å². The van der Waals surface area contributed by atoms with E-state index in [0.717, 1.165) is 12.8 Å². The lowest BCUT2D eigenvalue weighted by atomic mass is 10.1. The summed E-state index contributed by atoms with van der Waals surface area (Å²) in [7, 11) is 0. The smallest absolute Gasteiger partial charge is 0.0431 e. The summed E-state index contributed by atoms with van der Waals surface area (Å²) in [5.74, 6) is 0. The SMILES string of the molecule is CCCC=CC=CCCCCCCO. The standard InChI is InChI=1S/C13H24O/c1-2-3-4-5-6-7-8-9-10-11-12-13-14/h4-7,14H,2-3,8-13H2,1H3. The second-order valence-corrected chi connectivity index (χ2v) is 3.57. The quantitative estimate of drug-likeness (QED) is 0.439. The van der Waals surface area contributed by atoms with Gasteiger partial charge in [-0.05, 0) is 25.7 Å². The largest absolute Gasteiger partial charge is 0.396 e. The molecule has 0 aromatic heterocycles. The van der Waals surface area contributed by atoms with Gasteiger partial charge < -0.3 is 5.11 Å². The average molecular weight is 196 g/mol. The van der Waals surface area contributed by atoms with Crippen LogP contribution in [0, 0.1) is 0 Å². The summed E-state index contributed by atoms with van der Waals surface area (Å²) in [6, 6.07) is 0. The van der Waals surface area contributed by atoms with Gasteiger partial charge in [-0.15, -0.1) is 0 Å². The van der Waals surface area contributed by atoms with E-state index in [-0.39, 0.29) is 0 Å². The molecule has 0 spiro atoms. The molecule has 14 heavy (non-hydrogen) atoms. The molecule has 1 N–H and O–H groups in total. The Labute approximate surface area is 88.5 Å². The normalized spacial score (nSPS) is 11.9. The third-order valence-electron chi connectivity index (χ3n) is 2.12. The Balaban J connectivity index is 3.10. The van der Waals surface area contributed by atoms with Crippen molar-refractivity contribution in [2.24, 2.45) is 0 Å². The van der Waals surface area contributed by atoms with E-state index in [1.807, 2.05) is 0 Å². The molecule has 82 valence electrons. The Kier molecular flexibility index (Phi) is 11.9. The molecule has 0 aromatic rings. The predicted octanol–water partition coefficient (Wildman–Crippen LogP) is 3.84. The fourth-order valence-electron chi connectivity index (χ4n) is 1.24. The molecule has 0 radical (unpaired) electrons. The van der Waals surface area contributed by atoms with Crippen molar-refractivity contribution in [2.45, 2.75) is 51.9 Å². The number of allylic oxidation sites excluding steroid dienone is 4. The maximum atomic E-state index is 8.57. The Bertz CT molecular complexity index is 147. The molecule has 0 rings (SSSR count). The molecule has 0 fully saturated rings. The van der Waals surface area contributed by atoms with E-state index in [2.05, 4.69) is 31.2 Å². The van der Waals surface area contributed by atoms with Crippen LogP contribution in [-0.4, -0.2) is 11.7 Å². The maximum Gasteiger partial charge on any atom is 0.0431 e. The molecule has 1 heteroatoms. The molecule has 0 aliphatic carbocycles. The lowest BCUT2D eigenvalue weighted by Gasteiger charge is -1.95. The summed E-state index contributed by atoms with van der Waals surface area (Å²) in [4.78, 5) is 0. The third-order valence-corrected chi connectivity index (χ3v) is 2.12. The van der Waals surface area contributed by atoms with E-state index in [0.29, 0.717) is 6.61 Å². The Morgan fingerprint density at radius 1 is 0.857 bits per heavy atom. The predicted molar refractivity (Wildman–Crippen MR) is 63.4 cm³/mol. The molecule has 0 aromatic carbocycles. The summed E-state index contributed by atoms with van der Waals surface area (Å²) in [6.07, 6.45) is 16.9. The Morgan fingerprint density at radius 3 is 2.14 bits per heavy atom. The van der Waals surface area contributed by atoms with Crippen LogP contribution >= 0.6 is 0 Å². The number of aliphatic hydroxyl groups excluding tert-OH is 1. The molecule has 0 amide bonds. The summed E-state index contributed by atoms with van der Waals surface area (Å²) < 4.78 is 0. The van der Waals surface area contributed by atoms with E-state index < -0.39 is 0 Å². The van der Waals surface area contributed by atoms with E-state index in [1.54, 1.807) is 0 Å². The second-order valence-electron chi connectivity index (χ2n) is 3.57. The highest BCUT2D eigenvalue weighted by Gasteiger charge is 1.85. The molecule has 0 heterocycles. The van der Waals surface area contributed by atoms with E-state index in [4.69, 9.17) is 5.11 Å². The van der Waals surface area contributed by atoms with Crippen LogP contribution in [0.4, 0.5) is 0 Å². The van der Waals surface area contributed by atoms with E-state index in [9.17, 15) is 0 Å². The summed E-state index contributed by atoms with van der Waals surface area (Å²) in [5.41, 5.74) is 0. The monoisotopic (exact) mass is 196 g/mol. The van der Waals surface area contributed by atoms with Crippen LogP contribution in [0.2, 0.25) is 0 Å². The van der Waals surface area contributed by atoms with Crippen LogP contribution in [0.1, 0.15) is 51.9 Å². The van der Waals surface area contributed by atoms with Gasteiger partial charge in [-0.1, -0.05) is 50.5 Å². The zero-order valence-corrected chi connectivity index (χ0v) is 9.41. The van der Waals surface area contributed by atoms with Gasteiger partial charge >= 0.3 is 0 Å². The fraction of sp³-hybridized carbons (Fsp3) is 0.692. The minimum atomic E-state index is 0.343. The van der Waals surface area contributed by atoms with Gasteiger partial charge in [-0.2, -0.15) is 0 Å².